The van der Waals surface area contributed by atoms with Crippen molar-refractivity contribution in [1.29, 1.82) is 0 Å². The summed E-state index contributed by atoms with van der Waals surface area (Å²) in [4.78, 5) is 11.6. The number of anilines is 1. The number of nitrogens with one attached hydrogen (secondary N) is 1. The van der Waals surface area contributed by atoms with Gasteiger partial charge in [0.15, 0.2) is 0 Å². The van der Waals surface area contributed by atoms with E-state index in [9.17, 15) is 9.90 Å². The Morgan fingerprint density at radius 2 is 2.11 bits per heavy atom. The molecule has 18 heavy (non-hydrogen) atoms. The van der Waals surface area contributed by atoms with Crippen LogP contribution in [0.4, 0.5) is 5.69 Å². The number of halogens is 1. The molecule has 0 aliphatic carbocycles. The Balaban J connectivity index is 2.87. The van der Waals surface area contributed by atoms with Crippen molar-refractivity contribution in [2.75, 3.05) is 18.5 Å². The number of aromatic nitrogens is 2. The van der Waals surface area contributed by atoms with Gasteiger partial charge >= 0.3 is 0 Å². The van der Waals surface area contributed by atoms with E-state index < -0.39 is 0 Å². The highest BCUT2D eigenvalue weighted by molar-refractivity contribution is 6.32. The molecule has 0 aromatic carbocycles. The van der Waals surface area contributed by atoms with Gasteiger partial charge in [0, 0.05) is 19.0 Å². The molecule has 0 radical (unpaired) electrons. The van der Waals surface area contributed by atoms with E-state index in [0.717, 1.165) is 12.8 Å². The second-order valence-electron chi connectivity index (χ2n) is 4.52. The minimum atomic E-state index is -0.329. The predicted molar refractivity (Wildman–Crippen MR) is 73.1 cm³/mol. The number of rotatable bonds is 6. The van der Waals surface area contributed by atoms with Gasteiger partial charge in [0.2, 0.25) is 0 Å². The molecular formula is C12H20ClN3O2. The largest absolute Gasteiger partial charge is 0.396 e. The summed E-state index contributed by atoms with van der Waals surface area (Å²) < 4.78 is 1.19. The SMILES string of the molecule is CCC(CC)(CO)CNc1cnn(C)c(=O)c1Cl. The molecule has 0 atom stereocenters. The number of nitrogens with zero attached hydrogens (tertiary/aromatic N) is 2. The van der Waals surface area contributed by atoms with Crippen LogP contribution in [0.5, 0.6) is 0 Å². The summed E-state index contributed by atoms with van der Waals surface area (Å²) in [6, 6.07) is 0. The zero-order valence-corrected chi connectivity index (χ0v) is 11.8. The first-order valence-corrected chi connectivity index (χ1v) is 6.44. The molecule has 5 nitrogen and oxygen atoms in total. The predicted octanol–water partition coefficient (Wildman–Crippen LogP) is 1.64. The highest BCUT2D eigenvalue weighted by Gasteiger charge is 2.25. The molecule has 0 bridgehead atoms. The molecule has 0 amide bonds. The summed E-state index contributed by atoms with van der Waals surface area (Å²) in [5.41, 5.74) is -0.00604. The molecule has 1 heterocycles. The second-order valence-corrected chi connectivity index (χ2v) is 4.90. The summed E-state index contributed by atoms with van der Waals surface area (Å²) in [6.07, 6.45) is 3.23. The zero-order valence-electron chi connectivity index (χ0n) is 11.0. The third-order valence-electron chi connectivity index (χ3n) is 3.57. The van der Waals surface area contributed by atoms with Crippen molar-refractivity contribution in [3.8, 4) is 0 Å². The van der Waals surface area contributed by atoms with Gasteiger partial charge in [0.05, 0.1) is 18.5 Å². The fourth-order valence-corrected chi connectivity index (χ4v) is 1.93. The van der Waals surface area contributed by atoms with Gasteiger partial charge in [0.1, 0.15) is 5.02 Å². The highest BCUT2D eigenvalue weighted by Crippen LogP contribution is 2.27. The fourth-order valence-electron chi connectivity index (χ4n) is 1.70. The standard InChI is InChI=1S/C12H20ClN3O2/c1-4-12(5-2,8-17)7-14-9-6-15-16(3)11(18)10(9)13/h6,14,17H,4-5,7-8H2,1-3H3. The Kier molecular flexibility index (Phi) is 5.16. The average molecular weight is 274 g/mol. The van der Waals surface area contributed by atoms with E-state index >= 15 is 0 Å². The molecule has 0 unspecified atom stereocenters. The molecule has 6 heteroatoms. The van der Waals surface area contributed by atoms with Crippen LogP contribution >= 0.6 is 11.6 Å². The first-order valence-electron chi connectivity index (χ1n) is 6.06. The molecule has 0 spiro atoms. The topological polar surface area (TPSA) is 67.2 Å². The summed E-state index contributed by atoms with van der Waals surface area (Å²) in [5, 5.41) is 16.6. The van der Waals surface area contributed by atoms with E-state index in [2.05, 4.69) is 10.4 Å². The van der Waals surface area contributed by atoms with Gasteiger partial charge in [0.25, 0.3) is 5.56 Å². The summed E-state index contributed by atoms with van der Waals surface area (Å²) >= 11 is 5.96. The molecule has 0 aliphatic rings. The zero-order chi connectivity index (χ0) is 13.8. The van der Waals surface area contributed by atoms with Crippen LogP contribution in [0.25, 0.3) is 0 Å². The molecular weight excluding hydrogens is 254 g/mol. The molecule has 1 aromatic rings. The third kappa shape index (κ3) is 3.03. The van der Waals surface area contributed by atoms with Crippen LogP contribution < -0.4 is 10.9 Å². The number of aliphatic hydroxyl groups is 1. The van der Waals surface area contributed by atoms with Crippen LogP contribution in [0.3, 0.4) is 0 Å². The molecule has 102 valence electrons. The molecule has 0 aliphatic heterocycles. The lowest BCUT2D eigenvalue weighted by Crippen LogP contribution is -2.33. The van der Waals surface area contributed by atoms with Gasteiger partial charge in [-0.2, -0.15) is 5.10 Å². The quantitative estimate of drug-likeness (QED) is 0.827. The summed E-state index contributed by atoms with van der Waals surface area (Å²) in [7, 11) is 1.55. The average Bonchev–Trinajstić information content (AvgIpc) is 2.40. The number of aliphatic hydroxyl groups excluding tert-OH is 1. The Hall–Kier alpha value is -1.07. The van der Waals surface area contributed by atoms with Gasteiger partial charge in [-0.25, -0.2) is 4.68 Å². The van der Waals surface area contributed by atoms with Crippen molar-refractivity contribution in [3.05, 3.63) is 21.6 Å². The van der Waals surface area contributed by atoms with Gasteiger partial charge in [-0.05, 0) is 12.8 Å². The number of hydrogen-bond acceptors (Lipinski definition) is 4. The first kappa shape index (κ1) is 15.0. The molecule has 1 rings (SSSR count). The third-order valence-corrected chi connectivity index (χ3v) is 3.93. The maximum absolute atomic E-state index is 11.6. The van der Waals surface area contributed by atoms with E-state index in [0.29, 0.717) is 12.2 Å². The Morgan fingerprint density at radius 3 is 2.61 bits per heavy atom. The first-order chi connectivity index (χ1) is 8.49. The lowest BCUT2D eigenvalue weighted by molar-refractivity contribution is 0.127. The lowest BCUT2D eigenvalue weighted by atomic mass is 9.83. The lowest BCUT2D eigenvalue weighted by Gasteiger charge is -2.30. The Morgan fingerprint density at radius 1 is 1.50 bits per heavy atom. The molecule has 0 saturated heterocycles. The normalized spacial score (nSPS) is 11.6. The van der Waals surface area contributed by atoms with Crippen molar-refractivity contribution in [2.24, 2.45) is 12.5 Å². The monoisotopic (exact) mass is 273 g/mol. The minimum Gasteiger partial charge on any atom is -0.396 e. The van der Waals surface area contributed by atoms with Crippen molar-refractivity contribution in [1.82, 2.24) is 9.78 Å². The van der Waals surface area contributed by atoms with Crippen LogP contribution in [-0.2, 0) is 7.05 Å². The van der Waals surface area contributed by atoms with E-state index in [1.807, 2.05) is 13.8 Å². The smallest absolute Gasteiger partial charge is 0.287 e. The van der Waals surface area contributed by atoms with E-state index in [1.54, 1.807) is 7.05 Å². The minimum absolute atomic E-state index is 0.100. The molecule has 0 fully saturated rings. The van der Waals surface area contributed by atoms with Gasteiger partial charge in [-0.1, -0.05) is 25.4 Å². The maximum atomic E-state index is 11.6. The van der Waals surface area contributed by atoms with Crippen LogP contribution in [0.2, 0.25) is 5.02 Å². The summed E-state index contributed by atoms with van der Waals surface area (Å²) in [5.74, 6) is 0. The Bertz CT molecular complexity index is 447. The molecule has 1 aromatic heterocycles. The maximum Gasteiger partial charge on any atom is 0.287 e. The van der Waals surface area contributed by atoms with Crippen LogP contribution in [-0.4, -0.2) is 28.0 Å². The van der Waals surface area contributed by atoms with Crippen molar-refractivity contribution >= 4 is 17.3 Å². The number of hydrogen-bond donors (Lipinski definition) is 2. The van der Waals surface area contributed by atoms with Crippen LogP contribution in [0.1, 0.15) is 26.7 Å². The number of aryl methyl sites for hydroxylation is 1. The molecule has 2 N–H and O–H groups in total. The second kappa shape index (κ2) is 6.20. The van der Waals surface area contributed by atoms with Gasteiger partial charge in [-0.15, -0.1) is 0 Å². The van der Waals surface area contributed by atoms with Crippen LogP contribution in [0, 0.1) is 5.41 Å². The van der Waals surface area contributed by atoms with Gasteiger partial charge in [-0.3, -0.25) is 4.79 Å². The Labute approximate surface area is 112 Å². The van der Waals surface area contributed by atoms with Crippen LogP contribution in [0.15, 0.2) is 11.0 Å². The van der Waals surface area contributed by atoms with Gasteiger partial charge < -0.3 is 10.4 Å². The van der Waals surface area contributed by atoms with Crippen molar-refractivity contribution < 1.29 is 5.11 Å². The van der Waals surface area contributed by atoms with Crippen molar-refractivity contribution in [2.45, 2.75) is 26.7 Å². The van der Waals surface area contributed by atoms with E-state index in [-0.39, 0.29) is 22.6 Å². The van der Waals surface area contributed by atoms with E-state index in [4.69, 9.17) is 11.6 Å². The van der Waals surface area contributed by atoms with Crippen molar-refractivity contribution in [3.63, 3.8) is 0 Å². The molecule has 0 saturated carbocycles. The highest BCUT2D eigenvalue weighted by atomic mass is 35.5. The van der Waals surface area contributed by atoms with E-state index in [1.165, 1.54) is 10.9 Å². The summed E-state index contributed by atoms with van der Waals surface area (Å²) in [6.45, 7) is 4.73. The fraction of sp³-hybridized carbons (Fsp3) is 0.667.